The largest absolute Gasteiger partial charge is 0.310 e. The van der Waals surface area contributed by atoms with E-state index in [1.165, 1.54) is 0 Å². The summed E-state index contributed by atoms with van der Waals surface area (Å²) in [7, 11) is 0. The van der Waals surface area contributed by atoms with E-state index in [4.69, 9.17) is 8.22 Å². The molecule has 0 unspecified atom stereocenters. The van der Waals surface area contributed by atoms with Gasteiger partial charge in [0.05, 0.1) is 26.2 Å². The Morgan fingerprint density at radius 1 is 0.327 bits per heavy atom. The maximum Gasteiger partial charge on any atom is 0.0645 e. The van der Waals surface area contributed by atoms with Crippen LogP contribution in [0.3, 0.4) is 0 Å². The van der Waals surface area contributed by atoms with Crippen molar-refractivity contribution in [2.45, 2.75) is 0 Å². The molecule has 55 heavy (non-hydrogen) atoms. The fourth-order valence-corrected chi connectivity index (χ4v) is 7.01. The zero-order valence-corrected chi connectivity index (χ0v) is 29.1. The number of hydrogen-bond donors (Lipinski definition) is 0. The van der Waals surface area contributed by atoms with Crippen molar-refractivity contribution in [1.29, 1.82) is 0 Å². The number of anilines is 3. The highest BCUT2D eigenvalue weighted by Gasteiger charge is 2.17. The van der Waals surface area contributed by atoms with E-state index in [-0.39, 0.29) is 11.1 Å². The molecule has 10 aromatic carbocycles. The van der Waals surface area contributed by atoms with Gasteiger partial charge in [-0.2, -0.15) is 0 Å². The Hall–Kier alpha value is -7.22. The molecule has 0 amide bonds. The monoisotopic (exact) mass is 714 g/mol. The van der Waals surface area contributed by atoms with Crippen LogP contribution < -0.4 is 4.90 Å². The summed E-state index contributed by atoms with van der Waals surface area (Å²) < 4.78 is 139. The average molecular weight is 715 g/mol. The number of hydrogen-bond acceptors (Lipinski definition) is 1. The molecule has 258 valence electrons. The first-order valence-electron chi connectivity index (χ1n) is 25.2. The second-order valence-electron chi connectivity index (χ2n) is 13.0. The third-order valence-corrected chi connectivity index (χ3v) is 9.70. The lowest BCUT2D eigenvalue weighted by Crippen LogP contribution is -2.10. The molecule has 0 atom stereocenters. The third-order valence-electron chi connectivity index (χ3n) is 9.70. The summed E-state index contributed by atoms with van der Waals surface area (Å²) in [6.45, 7) is 0. The standard InChI is InChI=1S/C54H37N/c1-2-14-45(15-3-1)54-51-19-9-7-13-43(51)31-36-52(54)44-29-34-49(35-30-44)55(53-20-10-17-42-12-6-8-18-50(42)53)48-32-27-40(28-33-48)39-21-23-41(24-22-39)47-26-25-38-11-4-5-16-46(38)37-47/h1-37H/i6D,8D,10D,12D,17D,18D,20D,27D,28D,29D,30D,32D,33D,34D,35D. The van der Waals surface area contributed by atoms with Crippen LogP contribution in [0, 0.1) is 0 Å². The minimum atomic E-state index is -0.866. The molecule has 0 radical (unpaired) electrons. The molecule has 0 heterocycles. The van der Waals surface area contributed by atoms with Crippen LogP contribution in [0.25, 0.3) is 76.8 Å². The number of benzene rings is 10. The van der Waals surface area contributed by atoms with E-state index in [0.717, 1.165) is 43.1 Å². The Kier molecular flexibility index (Phi) is 5.15. The van der Waals surface area contributed by atoms with E-state index in [9.17, 15) is 12.3 Å². The minimum Gasteiger partial charge on any atom is -0.310 e. The summed E-state index contributed by atoms with van der Waals surface area (Å²) in [6, 6.07) is 30.2. The van der Waals surface area contributed by atoms with E-state index < -0.39 is 118 Å². The molecule has 0 aliphatic rings. The molecule has 0 aromatic heterocycles. The van der Waals surface area contributed by atoms with Crippen LogP contribution in [0.5, 0.6) is 0 Å². The highest BCUT2D eigenvalue weighted by atomic mass is 15.1. The van der Waals surface area contributed by atoms with Crippen LogP contribution >= 0.6 is 0 Å². The summed E-state index contributed by atoms with van der Waals surface area (Å²) in [5.41, 5.74) is 1.44. The molecule has 1 nitrogen and oxygen atoms in total. The van der Waals surface area contributed by atoms with Gasteiger partial charge in [-0.25, -0.2) is 0 Å². The molecule has 0 aliphatic carbocycles. The zero-order chi connectivity index (χ0) is 49.6. The maximum absolute atomic E-state index is 9.75. The first-order valence-corrected chi connectivity index (χ1v) is 17.7. The van der Waals surface area contributed by atoms with Crippen LogP contribution in [0.1, 0.15) is 20.6 Å². The van der Waals surface area contributed by atoms with Gasteiger partial charge >= 0.3 is 0 Å². The van der Waals surface area contributed by atoms with Crippen molar-refractivity contribution in [2.24, 2.45) is 0 Å². The molecule has 10 rings (SSSR count). The van der Waals surface area contributed by atoms with E-state index in [1.807, 2.05) is 97.1 Å². The number of fused-ring (bicyclic) bond motifs is 3. The first-order chi connectivity index (χ1) is 33.5. The van der Waals surface area contributed by atoms with Gasteiger partial charge < -0.3 is 4.90 Å². The van der Waals surface area contributed by atoms with Crippen molar-refractivity contribution in [3.05, 3.63) is 224 Å². The predicted octanol–water partition coefficient (Wildman–Crippen LogP) is 15.3. The van der Waals surface area contributed by atoms with Gasteiger partial charge in [-0.3, -0.25) is 0 Å². The Bertz CT molecular complexity index is 3770. The summed E-state index contributed by atoms with van der Waals surface area (Å²) in [4.78, 5) is 0.777. The molecule has 1 heteroatoms. The second kappa shape index (κ2) is 14.0. The lowest BCUT2D eigenvalue weighted by molar-refractivity contribution is 1.30. The van der Waals surface area contributed by atoms with Gasteiger partial charge in [0.1, 0.15) is 0 Å². The van der Waals surface area contributed by atoms with Crippen molar-refractivity contribution < 1.29 is 20.6 Å². The fourth-order valence-electron chi connectivity index (χ4n) is 7.01. The average Bonchev–Trinajstić information content (AvgIpc) is 3.37. The summed E-state index contributed by atoms with van der Waals surface area (Å²) in [5.74, 6) is 0. The summed E-state index contributed by atoms with van der Waals surface area (Å²) in [5, 5.41) is 2.65. The summed E-state index contributed by atoms with van der Waals surface area (Å²) >= 11 is 0. The molecule has 0 saturated heterocycles. The SMILES string of the molecule is [2H]c1c([2H])c(N(c2c([2H])c([2H])c(-c3ccc4ccccc4c3-c3ccccc3)c([2H])c2[2H])c2c([2H])c([2H])c([2H])c3c([2H])c([2H])c([2H])c([2H])c23)c([2H])c([2H])c1-c1ccc(-c2ccc3ccccc3c2)cc1. The lowest BCUT2D eigenvalue weighted by atomic mass is 9.90. The van der Waals surface area contributed by atoms with Crippen LogP contribution in [0.4, 0.5) is 17.1 Å². The molecule has 0 bridgehead atoms. The molecule has 10 aromatic rings. The van der Waals surface area contributed by atoms with E-state index in [0.29, 0.717) is 16.7 Å². The Morgan fingerprint density at radius 3 is 1.67 bits per heavy atom. The van der Waals surface area contributed by atoms with Crippen molar-refractivity contribution in [1.82, 2.24) is 0 Å². The van der Waals surface area contributed by atoms with Crippen LogP contribution in [-0.4, -0.2) is 0 Å². The van der Waals surface area contributed by atoms with Gasteiger partial charge in [0.25, 0.3) is 0 Å². The summed E-state index contributed by atoms with van der Waals surface area (Å²) in [6.07, 6.45) is 0. The molecule has 0 saturated carbocycles. The Labute approximate surface area is 343 Å². The number of rotatable bonds is 7. The van der Waals surface area contributed by atoms with Gasteiger partial charge in [-0.05, 0) is 108 Å². The normalized spacial score (nSPS) is 15.1. The fraction of sp³-hybridized carbons (Fsp3) is 0. The van der Waals surface area contributed by atoms with Gasteiger partial charge in [-0.15, -0.1) is 0 Å². The number of nitrogens with zero attached hydrogens (tertiary/aromatic N) is 1. The third kappa shape index (κ3) is 6.12. The molecule has 0 spiro atoms. The Morgan fingerprint density at radius 2 is 0.909 bits per heavy atom. The molecular formula is C54H37N. The predicted molar refractivity (Wildman–Crippen MR) is 235 cm³/mol. The zero-order valence-electron chi connectivity index (χ0n) is 44.1. The molecule has 0 N–H and O–H groups in total. The highest BCUT2D eigenvalue weighted by molar-refractivity contribution is 6.04. The van der Waals surface area contributed by atoms with Crippen molar-refractivity contribution in [2.75, 3.05) is 4.90 Å². The highest BCUT2D eigenvalue weighted by Crippen LogP contribution is 2.42. The van der Waals surface area contributed by atoms with E-state index in [1.54, 1.807) is 36.4 Å². The van der Waals surface area contributed by atoms with Crippen LogP contribution in [0.2, 0.25) is 0 Å². The van der Waals surface area contributed by atoms with Crippen molar-refractivity contribution in [3.8, 4) is 44.5 Å². The second-order valence-corrected chi connectivity index (χ2v) is 13.0. The van der Waals surface area contributed by atoms with Gasteiger partial charge in [0.15, 0.2) is 0 Å². The van der Waals surface area contributed by atoms with Crippen molar-refractivity contribution >= 4 is 49.4 Å². The maximum atomic E-state index is 9.75. The molecule has 0 fully saturated rings. The molecule has 0 aliphatic heterocycles. The van der Waals surface area contributed by atoms with Crippen LogP contribution in [0.15, 0.2) is 224 Å². The topological polar surface area (TPSA) is 3.24 Å². The molecular weight excluding hydrogens is 663 g/mol. The smallest absolute Gasteiger partial charge is 0.0645 e. The van der Waals surface area contributed by atoms with Gasteiger partial charge in [-0.1, -0.05) is 188 Å². The van der Waals surface area contributed by atoms with Gasteiger partial charge in [0.2, 0.25) is 0 Å². The first kappa shape index (κ1) is 20.3. The van der Waals surface area contributed by atoms with Gasteiger partial charge in [0, 0.05) is 16.8 Å². The van der Waals surface area contributed by atoms with E-state index in [2.05, 4.69) is 0 Å². The minimum absolute atomic E-state index is 0.120. The van der Waals surface area contributed by atoms with E-state index >= 15 is 0 Å². The quantitative estimate of drug-likeness (QED) is 0.159. The van der Waals surface area contributed by atoms with Crippen LogP contribution in [-0.2, 0) is 0 Å². The van der Waals surface area contributed by atoms with Crippen molar-refractivity contribution in [3.63, 3.8) is 0 Å². The Balaban J connectivity index is 1.26. The lowest BCUT2D eigenvalue weighted by Gasteiger charge is -2.27.